The van der Waals surface area contributed by atoms with Crippen LogP contribution in [0.1, 0.15) is 37.0 Å². The summed E-state index contributed by atoms with van der Waals surface area (Å²) in [7, 11) is 3.46. The fourth-order valence-corrected chi connectivity index (χ4v) is 4.44. The average Bonchev–Trinajstić information content (AvgIpc) is 3.40. The highest BCUT2D eigenvalue weighted by Crippen LogP contribution is 2.34. The summed E-state index contributed by atoms with van der Waals surface area (Å²) in [5.41, 5.74) is 2.41. The summed E-state index contributed by atoms with van der Waals surface area (Å²) in [4.78, 5) is 22.5. The standard InChI is InChI=1S/C24H29N7O3/c1-24(2,33)13-30-9-5-6-14-15(11-26-21(14)30)18-10-20(25-3)31-22(28-18)16(12-27-31)23(32)29-17-7-8-19(17)34-4/h5-6,9-12,17,19,25,33H,7-8,13H2,1-4H3,(H,29,32)/t17-,19-/m1/s1. The number of hydrogen-bond acceptors (Lipinski definition) is 7. The van der Waals surface area contributed by atoms with Gasteiger partial charge in [0.1, 0.15) is 17.2 Å². The molecule has 1 saturated carbocycles. The van der Waals surface area contributed by atoms with Gasteiger partial charge >= 0.3 is 0 Å². The van der Waals surface area contributed by atoms with Crippen molar-refractivity contribution in [3.05, 3.63) is 42.4 Å². The number of ether oxygens (including phenoxy) is 1. The van der Waals surface area contributed by atoms with E-state index in [0.29, 0.717) is 29.3 Å². The Balaban J connectivity index is 1.54. The number of carbonyl (C=O) groups excluding carboxylic acids is 1. The number of rotatable bonds is 7. The normalized spacial score (nSPS) is 18.3. The topological polar surface area (TPSA) is 119 Å². The number of pyridine rings is 1. The third-order valence-corrected chi connectivity index (χ3v) is 6.28. The molecule has 1 fully saturated rings. The zero-order chi connectivity index (χ0) is 24.0. The van der Waals surface area contributed by atoms with Crippen molar-refractivity contribution in [2.24, 2.45) is 0 Å². The van der Waals surface area contributed by atoms with Gasteiger partial charge in [-0.25, -0.2) is 9.97 Å². The first-order valence-electron chi connectivity index (χ1n) is 11.4. The van der Waals surface area contributed by atoms with Gasteiger partial charge in [0.05, 0.1) is 36.2 Å². The van der Waals surface area contributed by atoms with E-state index in [1.54, 1.807) is 44.9 Å². The molecule has 2 atom stereocenters. The summed E-state index contributed by atoms with van der Waals surface area (Å²) in [6, 6.07) is 5.79. The predicted octanol–water partition coefficient (Wildman–Crippen LogP) is 2.42. The maximum absolute atomic E-state index is 13.1. The molecule has 0 aromatic carbocycles. The highest BCUT2D eigenvalue weighted by Gasteiger charge is 2.33. The van der Waals surface area contributed by atoms with Crippen molar-refractivity contribution >= 4 is 17.4 Å². The van der Waals surface area contributed by atoms with E-state index in [1.807, 2.05) is 29.0 Å². The molecule has 1 aliphatic carbocycles. The van der Waals surface area contributed by atoms with E-state index in [1.165, 1.54) is 0 Å². The van der Waals surface area contributed by atoms with Crippen molar-refractivity contribution in [3.8, 4) is 22.6 Å². The summed E-state index contributed by atoms with van der Waals surface area (Å²) in [6.07, 6.45) is 7.09. The Morgan fingerprint density at radius 3 is 2.79 bits per heavy atom. The number of aromatic nitrogens is 5. The lowest BCUT2D eigenvalue weighted by molar-refractivity contribution is 0.00732. The van der Waals surface area contributed by atoms with Gasteiger partial charge in [-0.2, -0.15) is 9.61 Å². The minimum atomic E-state index is -0.878. The van der Waals surface area contributed by atoms with Gasteiger partial charge in [-0.3, -0.25) is 4.79 Å². The number of aliphatic hydroxyl groups is 1. The van der Waals surface area contributed by atoms with Crippen molar-refractivity contribution < 1.29 is 14.6 Å². The van der Waals surface area contributed by atoms with Crippen LogP contribution >= 0.6 is 0 Å². The van der Waals surface area contributed by atoms with Gasteiger partial charge in [0.2, 0.25) is 0 Å². The molecule has 0 bridgehead atoms. The van der Waals surface area contributed by atoms with Crippen LogP contribution in [0.5, 0.6) is 0 Å². The Morgan fingerprint density at radius 1 is 1.29 bits per heavy atom. The van der Waals surface area contributed by atoms with Gasteiger partial charge in [0, 0.05) is 43.7 Å². The molecule has 3 aliphatic rings. The van der Waals surface area contributed by atoms with Crippen LogP contribution in [0.2, 0.25) is 0 Å². The van der Waals surface area contributed by atoms with Gasteiger partial charge in [-0.1, -0.05) is 0 Å². The molecule has 2 aliphatic heterocycles. The molecule has 5 rings (SSSR count). The molecule has 0 unspecified atom stereocenters. The van der Waals surface area contributed by atoms with Crippen LogP contribution in [0.4, 0.5) is 5.82 Å². The highest BCUT2D eigenvalue weighted by molar-refractivity contribution is 6.00. The van der Waals surface area contributed by atoms with Gasteiger partial charge < -0.3 is 25.0 Å². The van der Waals surface area contributed by atoms with Crippen LogP contribution in [0.3, 0.4) is 0 Å². The van der Waals surface area contributed by atoms with Crippen LogP contribution in [0, 0.1) is 0 Å². The van der Waals surface area contributed by atoms with Gasteiger partial charge in [-0.05, 0) is 38.8 Å². The number of methoxy groups -OCH3 is 1. The SMILES string of the molecule is CNc1cc(-c2cnc3n(CC(C)(C)O)cccc2-3)nc2c(C(=O)N[C@@H]3CC[C@H]3OC)cnn12. The molecule has 34 heavy (non-hydrogen) atoms. The summed E-state index contributed by atoms with van der Waals surface area (Å²) in [5, 5.41) is 20.9. The number of nitrogens with zero attached hydrogens (tertiary/aromatic N) is 5. The van der Waals surface area contributed by atoms with Crippen LogP contribution in [-0.4, -0.2) is 67.1 Å². The number of hydrogen-bond donors (Lipinski definition) is 3. The third kappa shape index (κ3) is 3.88. The fraction of sp³-hybridized carbons (Fsp3) is 0.417. The van der Waals surface area contributed by atoms with Crippen LogP contribution in [0.15, 0.2) is 36.8 Å². The Kier molecular flexibility index (Phi) is 5.49. The molecule has 4 heterocycles. The molecule has 10 nitrogen and oxygen atoms in total. The molecule has 0 saturated heterocycles. The number of fused-ring (bicyclic) bond motifs is 2. The average molecular weight is 464 g/mol. The first-order chi connectivity index (χ1) is 16.3. The van der Waals surface area contributed by atoms with Gasteiger partial charge in [-0.15, -0.1) is 0 Å². The predicted molar refractivity (Wildman–Crippen MR) is 128 cm³/mol. The van der Waals surface area contributed by atoms with Crippen molar-refractivity contribution in [2.45, 2.75) is 51.0 Å². The minimum Gasteiger partial charge on any atom is -0.389 e. The van der Waals surface area contributed by atoms with E-state index in [2.05, 4.69) is 20.7 Å². The lowest BCUT2D eigenvalue weighted by atomic mass is 9.89. The fourth-order valence-electron chi connectivity index (χ4n) is 4.44. The number of anilines is 1. The zero-order valence-electron chi connectivity index (χ0n) is 19.7. The molecule has 0 spiro atoms. The molecule has 178 valence electrons. The summed E-state index contributed by atoms with van der Waals surface area (Å²) >= 11 is 0. The Labute approximate surface area is 197 Å². The molecule has 0 radical (unpaired) electrons. The first kappa shape index (κ1) is 22.3. The van der Waals surface area contributed by atoms with Crippen molar-refractivity contribution in [1.82, 2.24) is 29.5 Å². The molecular formula is C24H29N7O3. The van der Waals surface area contributed by atoms with E-state index < -0.39 is 5.60 Å². The second-order valence-corrected chi connectivity index (χ2v) is 9.36. The molecule has 10 heteroatoms. The highest BCUT2D eigenvalue weighted by atomic mass is 16.5. The Bertz CT molecular complexity index is 1320. The summed E-state index contributed by atoms with van der Waals surface area (Å²) in [6.45, 7) is 3.94. The third-order valence-electron chi connectivity index (χ3n) is 6.28. The molecular weight excluding hydrogens is 434 g/mol. The van der Waals surface area contributed by atoms with Crippen molar-refractivity contribution in [2.75, 3.05) is 19.5 Å². The van der Waals surface area contributed by atoms with E-state index in [0.717, 1.165) is 29.8 Å². The minimum absolute atomic E-state index is 0.00570. The van der Waals surface area contributed by atoms with Gasteiger partial charge in [0.15, 0.2) is 5.65 Å². The van der Waals surface area contributed by atoms with Gasteiger partial charge in [0.25, 0.3) is 5.91 Å². The number of nitrogens with one attached hydrogen (secondary N) is 2. The maximum Gasteiger partial charge on any atom is 0.257 e. The summed E-state index contributed by atoms with van der Waals surface area (Å²) < 4.78 is 8.96. The molecule has 2 aromatic rings. The number of carbonyl (C=O) groups is 1. The molecule has 3 N–H and O–H groups in total. The Hall–Kier alpha value is -3.50. The number of amides is 1. The van der Waals surface area contributed by atoms with Crippen LogP contribution in [-0.2, 0) is 11.3 Å². The van der Waals surface area contributed by atoms with E-state index in [9.17, 15) is 9.90 Å². The second-order valence-electron chi connectivity index (χ2n) is 9.36. The second kappa shape index (κ2) is 8.37. The maximum atomic E-state index is 13.1. The van der Waals surface area contributed by atoms with E-state index in [-0.39, 0.29) is 18.1 Å². The zero-order valence-corrected chi connectivity index (χ0v) is 19.7. The lowest BCUT2D eigenvalue weighted by Crippen LogP contribution is -2.51. The van der Waals surface area contributed by atoms with Crippen molar-refractivity contribution in [3.63, 3.8) is 0 Å². The smallest absolute Gasteiger partial charge is 0.257 e. The quantitative estimate of drug-likeness (QED) is 0.385. The monoisotopic (exact) mass is 463 g/mol. The van der Waals surface area contributed by atoms with Crippen LogP contribution in [0.25, 0.3) is 28.3 Å². The lowest BCUT2D eigenvalue weighted by Gasteiger charge is -2.35. The summed E-state index contributed by atoms with van der Waals surface area (Å²) in [5.74, 6) is 1.24. The largest absolute Gasteiger partial charge is 0.389 e. The first-order valence-corrected chi connectivity index (χ1v) is 11.4. The van der Waals surface area contributed by atoms with E-state index >= 15 is 0 Å². The van der Waals surface area contributed by atoms with Crippen LogP contribution < -0.4 is 10.6 Å². The van der Waals surface area contributed by atoms with E-state index in [4.69, 9.17) is 9.72 Å². The molecule has 1 amide bonds. The Morgan fingerprint density at radius 2 is 2.12 bits per heavy atom. The molecule has 2 aromatic heterocycles. The van der Waals surface area contributed by atoms with Crippen molar-refractivity contribution in [1.29, 1.82) is 0 Å².